The molecule has 1 saturated carbocycles. The summed E-state index contributed by atoms with van der Waals surface area (Å²) in [5.74, 6) is 0.812. The molecule has 1 aliphatic carbocycles. The molecule has 0 radical (unpaired) electrons. The van der Waals surface area contributed by atoms with Gasteiger partial charge < -0.3 is 14.9 Å². The number of aromatic nitrogens is 5. The minimum absolute atomic E-state index is 0.0558. The van der Waals surface area contributed by atoms with Crippen molar-refractivity contribution in [3.05, 3.63) is 75.9 Å². The molecule has 1 aliphatic rings. The van der Waals surface area contributed by atoms with E-state index in [9.17, 15) is 18.0 Å². The van der Waals surface area contributed by atoms with E-state index >= 15 is 0 Å². The highest BCUT2D eigenvalue weighted by molar-refractivity contribution is 5.84. The Morgan fingerprint density at radius 2 is 2.03 bits per heavy atom. The third kappa shape index (κ3) is 3.53. The molecule has 3 aromatic heterocycles. The average molecular weight is 470 g/mol. The van der Waals surface area contributed by atoms with Crippen molar-refractivity contribution in [1.29, 1.82) is 0 Å². The Morgan fingerprint density at radius 3 is 2.65 bits per heavy atom. The highest BCUT2D eigenvalue weighted by Gasteiger charge is 2.44. The van der Waals surface area contributed by atoms with Crippen molar-refractivity contribution in [1.82, 2.24) is 29.6 Å². The Kier molecular flexibility index (Phi) is 5.35. The molecule has 1 aromatic carbocycles. The van der Waals surface area contributed by atoms with E-state index in [1.807, 2.05) is 24.6 Å². The third-order valence-electron chi connectivity index (χ3n) is 6.75. The van der Waals surface area contributed by atoms with E-state index in [2.05, 4.69) is 20.5 Å². The second-order valence-electron chi connectivity index (χ2n) is 8.83. The summed E-state index contributed by atoms with van der Waals surface area (Å²) in [5, 5.41) is 11.3. The Labute approximate surface area is 193 Å². The van der Waals surface area contributed by atoms with Crippen LogP contribution < -0.4 is 10.9 Å². The summed E-state index contributed by atoms with van der Waals surface area (Å²) in [7, 11) is 1.88. The van der Waals surface area contributed by atoms with E-state index in [0.717, 1.165) is 41.4 Å². The number of rotatable bonds is 6. The molecule has 0 spiro atoms. The van der Waals surface area contributed by atoms with Crippen molar-refractivity contribution < 1.29 is 13.2 Å². The van der Waals surface area contributed by atoms with Crippen LogP contribution >= 0.6 is 0 Å². The van der Waals surface area contributed by atoms with Gasteiger partial charge in [0.15, 0.2) is 0 Å². The minimum Gasteiger partial charge on any atom is -0.353 e. The molecule has 0 unspecified atom stereocenters. The van der Waals surface area contributed by atoms with Gasteiger partial charge in [-0.3, -0.25) is 9.36 Å². The quantitative estimate of drug-likeness (QED) is 0.446. The van der Waals surface area contributed by atoms with Gasteiger partial charge in [-0.2, -0.15) is 13.2 Å². The zero-order valence-electron chi connectivity index (χ0n) is 18.9. The van der Waals surface area contributed by atoms with Gasteiger partial charge in [-0.1, -0.05) is 25.5 Å². The van der Waals surface area contributed by atoms with Crippen LogP contribution in [0.4, 0.5) is 13.2 Å². The molecule has 0 bridgehead atoms. The number of alkyl halides is 3. The maximum atomic E-state index is 14.0. The monoisotopic (exact) mass is 470 g/mol. The van der Waals surface area contributed by atoms with E-state index in [1.165, 1.54) is 6.07 Å². The summed E-state index contributed by atoms with van der Waals surface area (Å²) in [4.78, 5) is 16.2. The van der Waals surface area contributed by atoms with Gasteiger partial charge in [-0.25, -0.2) is 0 Å². The lowest BCUT2D eigenvalue weighted by molar-refractivity contribution is -0.136. The van der Waals surface area contributed by atoms with Crippen LogP contribution in [0.3, 0.4) is 0 Å². The molecule has 4 aromatic rings. The Bertz CT molecular complexity index is 1410. The van der Waals surface area contributed by atoms with Crippen LogP contribution in [0.1, 0.15) is 48.8 Å². The number of hydrogen-bond acceptors (Lipinski definition) is 4. The first-order valence-corrected chi connectivity index (χ1v) is 11.2. The number of nitrogens with one attached hydrogen (secondary N) is 2. The molecule has 1 fully saturated rings. The number of halogens is 3. The van der Waals surface area contributed by atoms with Crippen LogP contribution in [0.5, 0.6) is 0 Å². The highest BCUT2D eigenvalue weighted by Crippen LogP contribution is 2.48. The van der Waals surface area contributed by atoms with E-state index in [0.29, 0.717) is 24.5 Å². The van der Waals surface area contributed by atoms with Crippen molar-refractivity contribution in [2.45, 2.75) is 44.3 Å². The fourth-order valence-corrected chi connectivity index (χ4v) is 4.88. The van der Waals surface area contributed by atoms with Gasteiger partial charge in [0.2, 0.25) is 0 Å². The normalized spacial score (nSPS) is 15.6. The fourth-order valence-electron chi connectivity index (χ4n) is 4.88. The van der Waals surface area contributed by atoms with Gasteiger partial charge in [-0.15, -0.1) is 10.2 Å². The van der Waals surface area contributed by atoms with Crippen LogP contribution in [0.2, 0.25) is 0 Å². The summed E-state index contributed by atoms with van der Waals surface area (Å²) >= 11 is 0. The molecule has 10 heteroatoms. The van der Waals surface area contributed by atoms with E-state index in [4.69, 9.17) is 0 Å². The molecule has 0 saturated heterocycles. The zero-order chi connectivity index (χ0) is 24.1. The van der Waals surface area contributed by atoms with Crippen LogP contribution in [0.25, 0.3) is 16.6 Å². The van der Waals surface area contributed by atoms with Crippen molar-refractivity contribution in [2.24, 2.45) is 7.05 Å². The summed E-state index contributed by atoms with van der Waals surface area (Å²) in [6.45, 7) is 2.91. The number of benzene rings is 1. The molecule has 0 amide bonds. The first-order chi connectivity index (χ1) is 16.2. The number of H-pyrrole nitrogens is 1. The lowest BCUT2D eigenvalue weighted by Gasteiger charge is -2.41. The number of hydrogen-bond donors (Lipinski definition) is 2. The first kappa shape index (κ1) is 22.4. The number of pyridine rings is 1. The van der Waals surface area contributed by atoms with Gasteiger partial charge in [0.05, 0.1) is 11.0 Å². The largest absolute Gasteiger partial charge is 0.418 e. The fraction of sp³-hybridized carbons (Fsp3) is 0.375. The highest BCUT2D eigenvalue weighted by atomic mass is 19.4. The predicted molar refractivity (Wildman–Crippen MR) is 122 cm³/mol. The molecule has 34 heavy (non-hydrogen) atoms. The van der Waals surface area contributed by atoms with Crippen LogP contribution in [-0.4, -0.2) is 30.9 Å². The summed E-state index contributed by atoms with van der Waals surface area (Å²) < 4.78 is 45.0. The van der Waals surface area contributed by atoms with Gasteiger partial charge in [0, 0.05) is 36.6 Å². The number of fused-ring (bicyclic) bond motifs is 1. The lowest BCUT2D eigenvalue weighted by atomic mass is 9.63. The molecule has 2 N–H and O–H groups in total. The molecule has 7 nitrogen and oxygen atoms in total. The Hall–Kier alpha value is -3.40. The van der Waals surface area contributed by atoms with E-state index in [1.54, 1.807) is 24.5 Å². The molecule has 3 heterocycles. The third-order valence-corrected chi connectivity index (χ3v) is 6.75. The van der Waals surface area contributed by atoms with Gasteiger partial charge in [0.1, 0.15) is 17.7 Å². The van der Waals surface area contributed by atoms with E-state index in [-0.39, 0.29) is 16.3 Å². The summed E-state index contributed by atoms with van der Waals surface area (Å²) in [6.07, 6.45) is 0.660. The van der Waals surface area contributed by atoms with Crippen molar-refractivity contribution in [3.63, 3.8) is 0 Å². The van der Waals surface area contributed by atoms with Crippen LogP contribution in [-0.2, 0) is 25.2 Å². The van der Waals surface area contributed by atoms with Gasteiger partial charge >= 0.3 is 6.18 Å². The zero-order valence-corrected chi connectivity index (χ0v) is 18.9. The second kappa shape index (κ2) is 8.12. The van der Waals surface area contributed by atoms with Crippen LogP contribution in [0, 0.1) is 0 Å². The minimum atomic E-state index is -4.61. The lowest BCUT2D eigenvalue weighted by Crippen LogP contribution is -2.38. The van der Waals surface area contributed by atoms with Crippen LogP contribution in [0.15, 0.2) is 47.7 Å². The molecular formula is C24H25F3N6O. The number of nitrogens with zero attached hydrogens (tertiary/aromatic N) is 4. The maximum Gasteiger partial charge on any atom is 0.418 e. The summed E-state index contributed by atoms with van der Waals surface area (Å²) in [5.41, 5.74) is 0.0231. The SMILES string of the molecule is CCNCc1cc2c(C(F)(F)F)cn(-c3cccc(C4(c5nncn5C)CCC4)c3)c(=O)c2[nH]1. The van der Waals surface area contributed by atoms with Gasteiger partial charge in [-0.05, 0) is 43.1 Å². The predicted octanol–water partition coefficient (Wildman–Crippen LogP) is 4.05. The summed E-state index contributed by atoms with van der Waals surface area (Å²) in [6, 6.07) is 8.57. The van der Waals surface area contributed by atoms with Crippen molar-refractivity contribution >= 4 is 10.9 Å². The van der Waals surface area contributed by atoms with Crippen molar-refractivity contribution in [2.75, 3.05) is 6.54 Å². The van der Waals surface area contributed by atoms with Crippen molar-refractivity contribution in [3.8, 4) is 5.69 Å². The molecule has 0 aliphatic heterocycles. The number of aryl methyl sites for hydroxylation is 1. The molecule has 0 atom stereocenters. The topological polar surface area (TPSA) is 80.5 Å². The standard InChI is InChI=1S/C24H25F3N6O/c1-3-28-12-16-11-18-19(24(25,26)27)13-33(21(34)20(18)30-16)17-7-4-6-15(10-17)23(8-5-9-23)22-31-29-14-32(22)2/h4,6-7,10-11,13-14,28,30H,3,5,8-9,12H2,1-2H3. The second-order valence-corrected chi connectivity index (χ2v) is 8.83. The average Bonchev–Trinajstić information content (AvgIpc) is 3.38. The number of aromatic amines is 1. The molecule has 5 rings (SSSR count). The molecular weight excluding hydrogens is 445 g/mol. The van der Waals surface area contributed by atoms with E-state index < -0.39 is 17.3 Å². The smallest absolute Gasteiger partial charge is 0.353 e. The Balaban J connectivity index is 1.67. The Morgan fingerprint density at radius 1 is 1.24 bits per heavy atom. The first-order valence-electron chi connectivity index (χ1n) is 11.2. The van der Waals surface area contributed by atoms with Gasteiger partial charge in [0.25, 0.3) is 5.56 Å². The molecule has 178 valence electrons. The maximum absolute atomic E-state index is 14.0.